The van der Waals surface area contributed by atoms with Gasteiger partial charge in [0.15, 0.2) is 11.6 Å². The monoisotopic (exact) mass is 240 g/mol. The van der Waals surface area contributed by atoms with Crippen LogP contribution in [0.15, 0.2) is 24.6 Å². The summed E-state index contributed by atoms with van der Waals surface area (Å²) in [6, 6.07) is 0. The van der Waals surface area contributed by atoms with Crippen molar-refractivity contribution in [1.82, 2.24) is 0 Å². The molecule has 0 aromatic rings. The number of allylic oxidation sites excluding steroid dienone is 3. The Labute approximate surface area is 103 Å². The normalized spacial score (nSPS) is 13.5. The van der Waals surface area contributed by atoms with E-state index in [9.17, 15) is 14.0 Å². The van der Waals surface area contributed by atoms with Gasteiger partial charge in [0.25, 0.3) is 0 Å². The maximum absolute atomic E-state index is 11.9. The molecule has 17 heavy (non-hydrogen) atoms. The number of carbonyl (C=O) groups excluding carboxylic acids is 2. The zero-order valence-electron chi connectivity index (χ0n) is 11.2. The lowest BCUT2D eigenvalue weighted by molar-refractivity contribution is -0.122. The van der Waals surface area contributed by atoms with E-state index in [1.807, 2.05) is 20.8 Å². The first-order valence-electron chi connectivity index (χ1n) is 5.63. The van der Waals surface area contributed by atoms with E-state index in [0.29, 0.717) is 6.42 Å². The van der Waals surface area contributed by atoms with Crippen LogP contribution in [0.5, 0.6) is 0 Å². The van der Waals surface area contributed by atoms with Gasteiger partial charge in [-0.1, -0.05) is 40.7 Å². The third kappa shape index (κ3) is 5.57. The molecule has 0 bridgehead atoms. The fourth-order valence-corrected chi connectivity index (χ4v) is 1.09. The molecule has 0 spiro atoms. The number of ketones is 2. The highest BCUT2D eigenvalue weighted by Crippen LogP contribution is 2.23. The molecule has 0 aromatic carbocycles. The summed E-state index contributed by atoms with van der Waals surface area (Å²) in [6.45, 7) is 8.95. The Balaban J connectivity index is 4.52. The van der Waals surface area contributed by atoms with Crippen molar-refractivity contribution in [2.24, 2.45) is 10.8 Å². The molecule has 0 rings (SSSR count). The zero-order valence-corrected chi connectivity index (χ0v) is 11.2. The first-order chi connectivity index (χ1) is 7.61. The number of hydrogen-bond acceptors (Lipinski definition) is 2. The number of hydrogen-bond donors (Lipinski definition) is 0. The lowest BCUT2D eigenvalue weighted by atomic mass is 9.83. The van der Waals surface area contributed by atoms with Gasteiger partial charge in [-0.05, 0) is 12.5 Å². The molecule has 0 saturated heterocycles. The van der Waals surface area contributed by atoms with Crippen LogP contribution in [-0.2, 0) is 9.59 Å². The molecule has 96 valence electrons. The highest BCUT2D eigenvalue weighted by Gasteiger charge is 2.24. The van der Waals surface area contributed by atoms with Crippen LogP contribution < -0.4 is 0 Å². The van der Waals surface area contributed by atoms with Crippen LogP contribution in [-0.4, -0.2) is 11.6 Å². The molecule has 0 unspecified atom stereocenters. The second kappa shape index (κ2) is 5.89. The van der Waals surface area contributed by atoms with Crippen molar-refractivity contribution < 1.29 is 14.0 Å². The van der Waals surface area contributed by atoms with Gasteiger partial charge in [0.2, 0.25) is 0 Å². The molecular formula is C14H21FO2. The minimum atomic E-state index is -0.683. The molecule has 0 fully saturated rings. The Morgan fingerprint density at radius 2 is 1.53 bits per heavy atom. The van der Waals surface area contributed by atoms with Gasteiger partial charge >= 0.3 is 0 Å². The van der Waals surface area contributed by atoms with Crippen molar-refractivity contribution >= 4 is 11.6 Å². The van der Waals surface area contributed by atoms with E-state index in [-0.39, 0.29) is 17.9 Å². The summed E-state index contributed by atoms with van der Waals surface area (Å²) < 4.78 is 11.9. The van der Waals surface area contributed by atoms with Crippen LogP contribution in [0.1, 0.15) is 41.0 Å². The fourth-order valence-electron chi connectivity index (χ4n) is 1.09. The number of halogens is 1. The topological polar surface area (TPSA) is 34.1 Å². The van der Waals surface area contributed by atoms with Crippen LogP contribution >= 0.6 is 0 Å². The molecule has 0 aromatic heterocycles. The predicted octanol–water partition coefficient (Wildman–Crippen LogP) is 3.63. The van der Waals surface area contributed by atoms with Crippen molar-refractivity contribution in [3.8, 4) is 0 Å². The van der Waals surface area contributed by atoms with Crippen LogP contribution in [0.3, 0.4) is 0 Å². The van der Waals surface area contributed by atoms with Gasteiger partial charge in [-0.15, -0.1) is 0 Å². The summed E-state index contributed by atoms with van der Waals surface area (Å²) in [7, 11) is 0. The van der Waals surface area contributed by atoms with Gasteiger partial charge < -0.3 is 0 Å². The van der Waals surface area contributed by atoms with Gasteiger partial charge in [0.05, 0.1) is 6.33 Å². The van der Waals surface area contributed by atoms with E-state index < -0.39 is 10.8 Å². The fraction of sp³-hybridized carbons (Fsp3) is 0.571. The Hall–Kier alpha value is -1.25. The van der Waals surface area contributed by atoms with Crippen LogP contribution in [0.2, 0.25) is 0 Å². The first kappa shape index (κ1) is 15.8. The average Bonchev–Trinajstić information content (AvgIpc) is 2.16. The second-order valence-electron chi connectivity index (χ2n) is 5.76. The Morgan fingerprint density at radius 1 is 1.00 bits per heavy atom. The van der Waals surface area contributed by atoms with Gasteiger partial charge in [-0.2, -0.15) is 0 Å². The molecule has 0 radical (unpaired) electrons. The molecule has 0 amide bonds. The Morgan fingerprint density at radius 3 is 1.94 bits per heavy atom. The molecule has 0 atom stereocenters. The predicted molar refractivity (Wildman–Crippen MR) is 67.3 cm³/mol. The molecule has 0 saturated carbocycles. The van der Waals surface area contributed by atoms with Gasteiger partial charge in [-0.3, -0.25) is 9.59 Å². The largest absolute Gasteiger partial charge is 0.294 e. The summed E-state index contributed by atoms with van der Waals surface area (Å²) in [5, 5.41) is 0. The van der Waals surface area contributed by atoms with Crippen molar-refractivity contribution in [3.05, 3.63) is 24.6 Å². The third-order valence-corrected chi connectivity index (χ3v) is 2.52. The lowest BCUT2D eigenvalue weighted by Gasteiger charge is -2.19. The van der Waals surface area contributed by atoms with E-state index in [4.69, 9.17) is 0 Å². The van der Waals surface area contributed by atoms with Crippen LogP contribution in [0.25, 0.3) is 0 Å². The molecule has 0 heterocycles. The zero-order chi connectivity index (χ0) is 13.7. The molecule has 2 nitrogen and oxygen atoms in total. The Kier molecular flexibility index (Phi) is 5.46. The standard InChI is InChI=1S/C14H21FO2/c1-13(2,3)11(16)7-6-9-14(4,5)12(17)8-10-15/h6-8,10H,9H2,1-5H3/b7-6+,10-8+. The molecule has 0 N–H and O–H groups in total. The third-order valence-electron chi connectivity index (χ3n) is 2.52. The number of rotatable bonds is 5. The molecule has 0 aliphatic rings. The molecule has 0 aliphatic carbocycles. The highest BCUT2D eigenvalue weighted by atomic mass is 19.1. The van der Waals surface area contributed by atoms with E-state index in [1.54, 1.807) is 19.9 Å². The molecular weight excluding hydrogens is 219 g/mol. The number of carbonyl (C=O) groups is 2. The van der Waals surface area contributed by atoms with Gasteiger partial charge in [0.1, 0.15) is 0 Å². The summed E-state index contributed by atoms with van der Waals surface area (Å²) in [5.74, 6) is -0.269. The van der Waals surface area contributed by atoms with Crippen molar-refractivity contribution in [1.29, 1.82) is 0 Å². The van der Waals surface area contributed by atoms with Gasteiger partial charge in [0, 0.05) is 16.9 Å². The van der Waals surface area contributed by atoms with Gasteiger partial charge in [-0.25, -0.2) is 4.39 Å². The average molecular weight is 240 g/mol. The van der Waals surface area contributed by atoms with Crippen LogP contribution in [0.4, 0.5) is 4.39 Å². The van der Waals surface area contributed by atoms with Crippen LogP contribution in [0, 0.1) is 10.8 Å². The summed E-state index contributed by atoms with van der Waals surface area (Å²) in [5.41, 5.74) is -1.10. The molecule has 3 heteroatoms. The smallest absolute Gasteiger partial charge is 0.163 e. The maximum atomic E-state index is 11.9. The summed E-state index contributed by atoms with van der Waals surface area (Å²) >= 11 is 0. The first-order valence-corrected chi connectivity index (χ1v) is 5.63. The van der Waals surface area contributed by atoms with E-state index in [2.05, 4.69) is 0 Å². The molecule has 0 aliphatic heterocycles. The van der Waals surface area contributed by atoms with Crippen molar-refractivity contribution in [3.63, 3.8) is 0 Å². The van der Waals surface area contributed by atoms with Crippen molar-refractivity contribution in [2.45, 2.75) is 41.0 Å². The van der Waals surface area contributed by atoms with E-state index >= 15 is 0 Å². The maximum Gasteiger partial charge on any atom is 0.163 e. The highest BCUT2D eigenvalue weighted by molar-refractivity contribution is 5.95. The quantitative estimate of drug-likeness (QED) is 0.688. The summed E-state index contributed by atoms with van der Waals surface area (Å²) in [6.07, 6.45) is 4.75. The minimum absolute atomic E-state index is 0.0155. The second-order valence-corrected chi connectivity index (χ2v) is 5.76. The SMILES string of the molecule is CC(C)(C)C(=O)/C=C/CC(C)(C)C(=O)/C=C/F. The summed E-state index contributed by atoms with van der Waals surface area (Å²) in [4.78, 5) is 23.1. The van der Waals surface area contributed by atoms with E-state index in [1.165, 1.54) is 6.08 Å². The van der Waals surface area contributed by atoms with Crippen molar-refractivity contribution in [2.75, 3.05) is 0 Å². The Bertz CT molecular complexity index is 344. The lowest BCUT2D eigenvalue weighted by Crippen LogP contribution is -2.22. The minimum Gasteiger partial charge on any atom is -0.294 e. The van der Waals surface area contributed by atoms with E-state index in [0.717, 1.165) is 6.08 Å².